The van der Waals surface area contributed by atoms with Crippen LogP contribution in [0, 0.1) is 6.92 Å². The molecule has 25 heavy (non-hydrogen) atoms. The van der Waals surface area contributed by atoms with Crippen LogP contribution in [-0.2, 0) is 5.41 Å². The molecule has 1 aromatic carbocycles. The average Bonchev–Trinajstić information content (AvgIpc) is 3.04. The summed E-state index contributed by atoms with van der Waals surface area (Å²) >= 11 is 0. The van der Waals surface area contributed by atoms with Gasteiger partial charge < -0.3 is 5.32 Å². The maximum Gasteiger partial charge on any atom is 0.291 e. The second kappa shape index (κ2) is 5.65. The second-order valence-corrected chi connectivity index (χ2v) is 7.27. The smallest absolute Gasteiger partial charge is 0.291 e. The van der Waals surface area contributed by atoms with E-state index in [4.69, 9.17) is 0 Å². The number of hydrogen-bond acceptors (Lipinski definition) is 4. The Balaban J connectivity index is 1.63. The summed E-state index contributed by atoms with van der Waals surface area (Å²) in [4.78, 5) is 21.1. The van der Waals surface area contributed by atoms with Gasteiger partial charge in [0.25, 0.3) is 11.7 Å². The van der Waals surface area contributed by atoms with Crippen molar-refractivity contribution in [2.24, 2.45) is 0 Å². The van der Waals surface area contributed by atoms with Crippen molar-refractivity contribution in [2.75, 3.05) is 0 Å². The van der Waals surface area contributed by atoms with Gasteiger partial charge in [-0.25, -0.2) is 9.50 Å². The maximum absolute atomic E-state index is 12.7. The van der Waals surface area contributed by atoms with E-state index in [2.05, 4.69) is 52.4 Å². The summed E-state index contributed by atoms with van der Waals surface area (Å²) in [7, 11) is 0. The van der Waals surface area contributed by atoms with Crippen molar-refractivity contribution < 1.29 is 4.79 Å². The van der Waals surface area contributed by atoms with E-state index in [1.165, 1.54) is 11.1 Å². The van der Waals surface area contributed by atoms with Crippen molar-refractivity contribution in [2.45, 2.75) is 45.1 Å². The highest BCUT2D eigenvalue weighted by Gasteiger charge is 2.33. The Morgan fingerprint density at radius 1 is 1.28 bits per heavy atom. The van der Waals surface area contributed by atoms with E-state index in [1.807, 2.05) is 19.1 Å². The molecule has 6 heteroatoms. The van der Waals surface area contributed by atoms with Crippen molar-refractivity contribution in [3.8, 4) is 0 Å². The van der Waals surface area contributed by atoms with Crippen LogP contribution in [-0.4, -0.2) is 25.5 Å². The Morgan fingerprint density at radius 3 is 2.88 bits per heavy atom. The zero-order chi connectivity index (χ0) is 17.6. The number of amides is 1. The first-order valence-corrected chi connectivity index (χ1v) is 8.54. The minimum atomic E-state index is -0.260. The van der Waals surface area contributed by atoms with Gasteiger partial charge in [-0.2, -0.15) is 4.98 Å². The molecule has 128 valence electrons. The van der Waals surface area contributed by atoms with Crippen molar-refractivity contribution in [3.05, 3.63) is 59.2 Å². The molecule has 6 nitrogen and oxygen atoms in total. The Hall–Kier alpha value is -2.76. The number of aryl methyl sites for hydroxylation is 1. The van der Waals surface area contributed by atoms with E-state index in [1.54, 1.807) is 10.7 Å². The number of hydrogen-bond donors (Lipinski definition) is 1. The van der Waals surface area contributed by atoms with Crippen LogP contribution in [0.15, 0.2) is 36.5 Å². The molecule has 0 aliphatic heterocycles. The number of nitrogens with zero attached hydrogens (tertiary/aromatic N) is 4. The van der Waals surface area contributed by atoms with Crippen LogP contribution < -0.4 is 5.32 Å². The van der Waals surface area contributed by atoms with Gasteiger partial charge in [0.2, 0.25) is 5.82 Å². The summed E-state index contributed by atoms with van der Waals surface area (Å²) in [5.41, 5.74) is 3.50. The monoisotopic (exact) mass is 335 g/mol. The van der Waals surface area contributed by atoms with Crippen molar-refractivity contribution >= 4 is 11.7 Å². The standard InChI is InChI=1S/C19H21N5O/c1-12-9-11-20-18-22-16(23-24(12)18)17(25)21-15-8-10-19(2,3)14-7-5-4-6-13(14)15/h4-7,9,11,15H,8,10H2,1-3H3,(H,21,25)/t15-/m1/s1. The van der Waals surface area contributed by atoms with Gasteiger partial charge in [0, 0.05) is 11.9 Å². The predicted octanol–water partition coefficient (Wildman–Crippen LogP) is 2.98. The molecule has 1 aliphatic rings. The number of aromatic nitrogens is 4. The van der Waals surface area contributed by atoms with Gasteiger partial charge in [0.15, 0.2) is 0 Å². The SMILES string of the molecule is Cc1ccnc2nc(C(=O)N[C@@H]3CCC(C)(C)c4ccccc43)nn12. The van der Waals surface area contributed by atoms with E-state index in [0.29, 0.717) is 5.78 Å². The lowest BCUT2D eigenvalue weighted by molar-refractivity contribution is 0.0919. The Morgan fingerprint density at radius 2 is 2.08 bits per heavy atom. The summed E-state index contributed by atoms with van der Waals surface area (Å²) < 4.78 is 1.59. The Bertz CT molecular complexity index is 959. The normalized spacial score (nSPS) is 18.8. The first-order valence-electron chi connectivity index (χ1n) is 8.54. The van der Waals surface area contributed by atoms with Crippen LogP contribution in [0.2, 0.25) is 0 Å². The third-order valence-electron chi connectivity index (χ3n) is 5.06. The zero-order valence-corrected chi connectivity index (χ0v) is 14.7. The van der Waals surface area contributed by atoms with E-state index in [0.717, 1.165) is 18.5 Å². The third kappa shape index (κ3) is 2.67. The summed E-state index contributed by atoms with van der Waals surface area (Å²) in [5.74, 6) is 0.337. The molecule has 1 N–H and O–H groups in total. The Labute approximate surface area is 146 Å². The molecule has 0 saturated heterocycles. The van der Waals surface area contributed by atoms with Gasteiger partial charge in [-0.3, -0.25) is 4.79 Å². The maximum atomic E-state index is 12.7. The molecule has 4 rings (SSSR count). The molecule has 2 aromatic heterocycles. The lowest BCUT2D eigenvalue weighted by Crippen LogP contribution is -2.36. The highest BCUT2D eigenvalue weighted by atomic mass is 16.2. The summed E-state index contributed by atoms with van der Waals surface area (Å²) in [6, 6.07) is 10.2. The van der Waals surface area contributed by atoms with Crippen LogP contribution in [0.1, 0.15) is 60.2 Å². The van der Waals surface area contributed by atoms with E-state index >= 15 is 0 Å². The van der Waals surface area contributed by atoms with E-state index in [9.17, 15) is 4.79 Å². The van der Waals surface area contributed by atoms with Gasteiger partial charge >= 0.3 is 0 Å². The first kappa shape index (κ1) is 15.7. The summed E-state index contributed by atoms with van der Waals surface area (Å²) in [5, 5.41) is 7.40. The van der Waals surface area contributed by atoms with Crippen molar-refractivity contribution in [3.63, 3.8) is 0 Å². The highest BCUT2D eigenvalue weighted by Crippen LogP contribution is 2.41. The number of carbonyl (C=O) groups excluding carboxylic acids is 1. The van der Waals surface area contributed by atoms with Crippen LogP contribution in [0.5, 0.6) is 0 Å². The van der Waals surface area contributed by atoms with Gasteiger partial charge in [0.1, 0.15) is 0 Å². The molecule has 0 saturated carbocycles. The van der Waals surface area contributed by atoms with E-state index in [-0.39, 0.29) is 23.2 Å². The number of fused-ring (bicyclic) bond motifs is 2. The number of carbonyl (C=O) groups is 1. The lowest BCUT2D eigenvalue weighted by Gasteiger charge is -2.37. The molecule has 0 fully saturated rings. The van der Waals surface area contributed by atoms with Crippen LogP contribution >= 0.6 is 0 Å². The molecule has 3 aromatic rings. The van der Waals surface area contributed by atoms with Crippen molar-refractivity contribution in [1.82, 2.24) is 24.9 Å². The largest absolute Gasteiger partial charge is 0.342 e. The first-order chi connectivity index (χ1) is 12.0. The second-order valence-electron chi connectivity index (χ2n) is 7.27. The molecule has 0 radical (unpaired) electrons. The predicted molar refractivity (Wildman–Crippen MR) is 94.4 cm³/mol. The van der Waals surface area contributed by atoms with Crippen molar-refractivity contribution in [1.29, 1.82) is 0 Å². The number of nitrogens with one attached hydrogen (secondary N) is 1. The van der Waals surface area contributed by atoms with Crippen LogP contribution in [0.3, 0.4) is 0 Å². The minimum absolute atomic E-state index is 0.0163. The highest BCUT2D eigenvalue weighted by molar-refractivity contribution is 5.91. The summed E-state index contributed by atoms with van der Waals surface area (Å²) in [6.07, 6.45) is 3.59. The summed E-state index contributed by atoms with van der Waals surface area (Å²) in [6.45, 7) is 6.41. The quantitative estimate of drug-likeness (QED) is 0.781. The van der Waals surface area contributed by atoms with Gasteiger partial charge in [-0.05, 0) is 42.4 Å². The fourth-order valence-electron chi connectivity index (χ4n) is 3.59. The molecule has 0 bridgehead atoms. The molecular formula is C19H21N5O. The van der Waals surface area contributed by atoms with Crippen LogP contribution in [0.4, 0.5) is 0 Å². The van der Waals surface area contributed by atoms with Gasteiger partial charge in [-0.1, -0.05) is 38.1 Å². The Kier molecular flexibility index (Phi) is 3.56. The minimum Gasteiger partial charge on any atom is -0.342 e. The van der Waals surface area contributed by atoms with Crippen LogP contribution in [0.25, 0.3) is 5.78 Å². The molecule has 1 amide bonds. The third-order valence-corrected chi connectivity index (χ3v) is 5.06. The zero-order valence-electron chi connectivity index (χ0n) is 14.7. The van der Waals surface area contributed by atoms with E-state index < -0.39 is 0 Å². The van der Waals surface area contributed by atoms with Gasteiger partial charge in [-0.15, -0.1) is 5.10 Å². The fourth-order valence-corrected chi connectivity index (χ4v) is 3.59. The van der Waals surface area contributed by atoms with Gasteiger partial charge in [0.05, 0.1) is 6.04 Å². The molecule has 1 aliphatic carbocycles. The molecule has 0 spiro atoms. The molecule has 0 unspecified atom stereocenters. The average molecular weight is 335 g/mol. The number of rotatable bonds is 2. The topological polar surface area (TPSA) is 72.2 Å². The molecule has 1 atom stereocenters. The fraction of sp³-hybridized carbons (Fsp3) is 0.368. The number of benzene rings is 1. The molecule has 2 heterocycles. The lowest BCUT2D eigenvalue weighted by atomic mass is 9.71. The molecular weight excluding hydrogens is 314 g/mol.